The van der Waals surface area contributed by atoms with E-state index in [9.17, 15) is 14.4 Å². The lowest BCUT2D eigenvalue weighted by molar-refractivity contribution is -0.125. The monoisotopic (exact) mass is 358 g/mol. The van der Waals surface area contributed by atoms with E-state index >= 15 is 0 Å². The van der Waals surface area contributed by atoms with Crippen LogP contribution in [0.4, 0.5) is 0 Å². The summed E-state index contributed by atoms with van der Waals surface area (Å²) in [4.78, 5) is 39.0. The van der Waals surface area contributed by atoms with Crippen LogP contribution in [0.25, 0.3) is 0 Å². The van der Waals surface area contributed by atoms with Crippen LogP contribution < -0.4 is 5.32 Å². The van der Waals surface area contributed by atoms with Crippen molar-refractivity contribution in [3.8, 4) is 0 Å². The molecule has 3 amide bonds. The fourth-order valence-corrected chi connectivity index (χ4v) is 3.26. The van der Waals surface area contributed by atoms with E-state index < -0.39 is 17.9 Å². The van der Waals surface area contributed by atoms with E-state index in [4.69, 9.17) is 4.42 Å². The Morgan fingerprint density at radius 2 is 1.84 bits per heavy atom. The minimum Gasteiger partial charge on any atom is -0.467 e. The molecule has 1 atom stereocenters. The number of benzene rings is 1. The highest BCUT2D eigenvalue weighted by Gasteiger charge is 2.42. The van der Waals surface area contributed by atoms with Crippen molar-refractivity contribution in [2.75, 3.05) is 12.0 Å². The lowest BCUT2D eigenvalue weighted by Gasteiger charge is -2.25. The van der Waals surface area contributed by atoms with Crippen LogP contribution in [0.3, 0.4) is 0 Å². The molecule has 3 rings (SSSR count). The number of fused-ring (bicyclic) bond motifs is 1. The van der Waals surface area contributed by atoms with E-state index in [2.05, 4.69) is 5.32 Å². The summed E-state index contributed by atoms with van der Waals surface area (Å²) in [6, 6.07) is 9.29. The van der Waals surface area contributed by atoms with E-state index in [1.165, 1.54) is 6.26 Å². The number of furan rings is 1. The van der Waals surface area contributed by atoms with Crippen LogP contribution in [0.5, 0.6) is 0 Å². The van der Waals surface area contributed by atoms with Crippen LogP contribution in [-0.2, 0) is 11.3 Å². The van der Waals surface area contributed by atoms with Crippen LogP contribution in [0.1, 0.15) is 32.9 Å². The summed E-state index contributed by atoms with van der Waals surface area (Å²) in [5.41, 5.74) is 0.695. The van der Waals surface area contributed by atoms with E-state index in [1.807, 2.05) is 6.26 Å². The summed E-state index contributed by atoms with van der Waals surface area (Å²) in [7, 11) is 0. The molecule has 6 nitrogen and oxygen atoms in total. The topological polar surface area (TPSA) is 79.6 Å². The van der Waals surface area contributed by atoms with Gasteiger partial charge in [0.2, 0.25) is 5.91 Å². The minimum absolute atomic E-state index is 0.213. The van der Waals surface area contributed by atoms with Crippen LogP contribution in [0.15, 0.2) is 47.1 Å². The molecular weight excluding hydrogens is 340 g/mol. The summed E-state index contributed by atoms with van der Waals surface area (Å²) in [5, 5.41) is 2.75. The number of rotatable bonds is 7. The molecule has 0 saturated heterocycles. The van der Waals surface area contributed by atoms with Crippen molar-refractivity contribution in [1.29, 1.82) is 0 Å². The molecule has 1 aromatic carbocycles. The molecule has 1 aliphatic rings. The van der Waals surface area contributed by atoms with Gasteiger partial charge in [-0.05, 0) is 42.7 Å². The highest BCUT2D eigenvalue weighted by molar-refractivity contribution is 7.98. The van der Waals surface area contributed by atoms with Crippen LogP contribution in [0, 0.1) is 0 Å². The largest absolute Gasteiger partial charge is 0.467 e. The summed E-state index contributed by atoms with van der Waals surface area (Å²) in [5.74, 6) is 0.0747. The normalized spacial score (nSPS) is 14.5. The van der Waals surface area contributed by atoms with Crippen LogP contribution >= 0.6 is 11.8 Å². The SMILES string of the molecule is CSCC[C@@H](C(=O)NCc1ccco1)N1C(=O)c2ccccc2C1=O. The lowest BCUT2D eigenvalue weighted by atomic mass is 10.1. The van der Waals surface area contributed by atoms with Gasteiger partial charge in [-0.15, -0.1) is 0 Å². The quantitative estimate of drug-likeness (QED) is 0.769. The van der Waals surface area contributed by atoms with Gasteiger partial charge < -0.3 is 9.73 Å². The highest BCUT2D eigenvalue weighted by Crippen LogP contribution is 2.26. The second kappa shape index (κ2) is 7.57. The molecule has 2 aromatic rings. The second-order valence-electron chi connectivity index (χ2n) is 5.62. The average Bonchev–Trinajstić information content (AvgIpc) is 3.23. The molecule has 0 unspecified atom stereocenters. The fourth-order valence-electron chi connectivity index (χ4n) is 2.80. The molecule has 7 heteroatoms. The van der Waals surface area contributed by atoms with Crippen molar-refractivity contribution in [2.24, 2.45) is 0 Å². The third-order valence-electron chi connectivity index (χ3n) is 4.05. The number of nitrogens with zero attached hydrogens (tertiary/aromatic N) is 1. The van der Waals surface area contributed by atoms with Crippen molar-refractivity contribution in [3.63, 3.8) is 0 Å². The van der Waals surface area contributed by atoms with E-state index in [0.717, 1.165) is 4.90 Å². The first-order chi connectivity index (χ1) is 12.1. The lowest BCUT2D eigenvalue weighted by Crippen LogP contribution is -2.49. The molecule has 25 heavy (non-hydrogen) atoms. The van der Waals surface area contributed by atoms with Crippen LogP contribution in [-0.4, -0.2) is 40.7 Å². The van der Waals surface area contributed by atoms with Crippen LogP contribution in [0.2, 0.25) is 0 Å². The molecule has 0 radical (unpaired) electrons. The van der Waals surface area contributed by atoms with Crippen molar-refractivity contribution < 1.29 is 18.8 Å². The minimum atomic E-state index is -0.838. The molecule has 1 aliphatic heterocycles. The zero-order valence-electron chi connectivity index (χ0n) is 13.7. The van der Waals surface area contributed by atoms with Gasteiger partial charge in [-0.3, -0.25) is 19.3 Å². The van der Waals surface area contributed by atoms with Gasteiger partial charge in [0.1, 0.15) is 11.8 Å². The number of imide groups is 1. The Bertz CT molecular complexity index is 753. The molecule has 0 saturated carbocycles. The smallest absolute Gasteiger partial charge is 0.262 e. The van der Waals surface area contributed by atoms with Gasteiger partial charge in [0, 0.05) is 0 Å². The number of carbonyl (C=O) groups is 3. The molecule has 1 aromatic heterocycles. The zero-order valence-corrected chi connectivity index (χ0v) is 14.5. The van der Waals surface area contributed by atoms with Gasteiger partial charge in [-0.1, -0.05) is 12.1 Å². The molecule has 130 valence electrons. The molecule has 0 fully saturated rings. The van der Waals surface area contributed by atoms with Gasteiger partial charge in [-0.25, -0.2) is 0 Å². The van der Waals surface area contributed by atoms with Gasteiger partial charge in [0.15, 0.2) is 0 Å². The number of nitrogens with one attached hydrogen (secondary N) is 1. The molecule has 0 spiro atoms. The molecule has 2 heterocycles. The summed E-state index contributed by atoms with van der Waals surface area (Å²) in [6.45, 7) is 0.213. The van der Waals surface area contributed by atoms with E-state index in [1.54, 1.807) is 48.2 Å². The third-order valence-corrected chi connectivity index (χ3v) is 4.70. The third kappa shape index (κ3) is 3.46. The average molecular weight is 358 g/mol. The van der Waals surface area contributed by atoms with Gasteiger partial charge in [0.05, 0.1) is 23.9 Å². The molecule has 1 N–H and O–H groups in total. The first-order valence-corrected chi connectivity index (χ1v) is 9.29. The van der Waals surface area contributed by atoms with Crippen molar-refractivity contribution in [2.45, 2.75) is 19.0 Å². The Morgan fingerprint density at radius 1 is 1.16 bits per heavy atom. The Labute approximate surface area is 149 Å². The maximum atomic E-state index is 12.7. The number of hydrogen-bond donors (Lipinski definition) is 1. The molecule has 0 aliphatic carbocycles. The predicted octanol–water partition coefficient (Wildman–Crippen LogP) is 2.31. The first-order valence-electron chi connectivity index (χ1n) is 7.89. The predicted molar refractivity (Wildman–Crippen MR) is 94.3 cm³/mol. The van der Waals surface area contributed by atoms with Crippen molar-refractivity contribution >= 4 is 29.5 Å². The molecular formula is C18H18N2O4S. The second-order valence-corrected chi connectivity index (χ2v) is 6.61. The number of thioether (sulfide) groups is 1. The highest BCUT2D eigenvalue weighted by atomic mass is 32.2. The van der Waals surface area contributed by atoms with Gasteiger partial charge >= 0.3 is 0 Å². The summed E-state index contributed by atoms with van der Waals surface area (Å²) in [6.07, 6.45) is 3.84. The number of hydrogen-bond acceptors (Lipinski definition) is 5. The van der Waals surface area contributed by atoms with Crippen molar-refractivity contribution in [3.05, 3.63) is 59.5 Å². The standard InChI is InChI=1S/C18H18N2O4S/c1-25-10-8-15(16(21)19-11-12-5-4-9-24-12)20-17(22)13-6-2-3-7-14(13)18(20)23/h2-7,9,15H,8,10-11H2,1H3,(H,19,21)/t15-/m0/s1. The fraction of sp³-hybridized carbons (Fsp3) is 0.278. The van der Waals surface area contributed by atoms with Gasteiger partial charge in [0.25, 0.3) is 11.8 Å². The Kier molecular flexibility index (Phi) is 5.23. The summed E-state index contributed by atoms with van der Waals surface area (Å²) >= 11 is 1.56. The van der Waals surface area contributed by atoms with Gasteiger partial charge in [-0.2, -0.15) is 11.8 Å². The first kappa shape index (κ1) is 17.3. The summed E-state index contributed by atoms with van der Waals surface area (Å²) < 4.78 is 5.20. The Morgan fingerprint density at radius 3 is 2.40 bits per heavy atom. The Balaban J connectivity index is 1.79. The number of amides is 3. The van der Waals surface area contributed by atoms with Crippen molar-refractivity contribution in [1.82, 2.24) is 10.2 Å². The number of carbonyl (C=O) groups excluding carboxylic acids is 3. The zero-order chi connectivity index (χ0) is 17.8. The van der Waals surface area contributed by atoms with E-state index in [0.29, 0.717) is 29.1 Å². The Hall–Kier alpha value is -2.54. The molecule has 0 bridgehead atoms. The maximum Gasteiger partial charge on any atom is 0.262 e. The maximum absolute atomic E-state index is 12.7. The van der Waals surface area contributed by atoms with E-state index in [-0.39, 0.29) is 12.5 Å².